The number of hydrogen-bond donors (Lipinski definition) is 2. The predicted octanol–water partition coefficient (Wildman–Crippen LogP) is 4.79. The van der Waals surface area contributed by atoms with Crippen LogP contribution in [0, 0.1) is 35.4 Å². The number of ether oxygens (including phenoxy) is 2. The quantitative estimate of drug-likeness (QED) is 0.426. The van der Waals surface area contributed by atoms with Crippen LogP contribution in [0.15, 0.2) is 48.7 Å². The van der Waals surface area contributed by atoms with Crippen LogP contribution in [-0.2, 0) is 14.3 Å². The number of benzene rings is 1. The first-order valence-corrected chi connectivity index (χ1v) is 13.1. The lowest BCUT2D eigenvalue weighted by Crippen LogP contribution is -2.49. The standard InChI is InChI=1S/C29H35FN2O4/c1-3-35-29(34)32-23-10-11-24-20(14-23)15-26-27(17(2)36-28(26)33)25(24)12-9-22-8-7-19(16-31-22)18-5-4-6-21(30)13-18/h4-9,12-13,16-17,20,23-27,29,32,34H,3,10-11,14-15H2,1-2H3/b12-9+/t17-,20+,23-,24-,25+,26-,27+,29?/m1/s1. The Balaban J connectivity index is 1.33. The molecule has 2 aliphatic carbocycles. The van der Waals surface area contributed by atoms with E-state index in [2.05, 4.69) is 22.5 Å². The van der Waals surface area contributed by atoms with Crippen molar-refractivity contribution in [2.45, 2.75) is 58.1 Å². The van der Waals surface area contributed by atoms with Crippen LogP contribution < -0.4 is 5.32 Å². The van der Waals surface area contributed by atoms with Crippen LogP contribution in [0.4, 0.5) is 4.39 Å². The zero-order valence-electron chi connectivity index (χ0n) is 20.8. The van der Waals surface area contributed by atoms with Gasteiger partial charge < -0.3 is 14.6 Å². The molecule has 1 saturated heterocycles. The molecule has 1 aromatic heterocycles. The molecule has 2 saturated carbocycles. The summed E-state index contributed by atoms with van der Waals surface area (Å²) in [5.74, 6) is 0.784. The first kappa shape index (κ1) is 25.1. The summed E-state index contributed by atoms with van der Waals surface area (Å²) < 4.78 is 24.6. The predicted molar refractivity (Wildman–Crippen MR) is 135 cm³/mol. The van der Waals surface area contributed by atoms with E-state index in [-0.39, 0.29) is 41.7 Å². The second-order valence-electron chi connectivity index (χ2n) is 10.4. The highest BCUT2D eigenvalue weighted by Crippen LogP contribution is 2.53. The van der Waals surface area contributed by atoms with Crippen molar-refractivity contribution in [3.05, 3.63) is 60.2 Å². The number of aliphatic hydroxyl groups excluding tert-OH is 1. The Bertz CT molecular complexity index is 1090. The molecule has 6 nitrogen and oxygen atoms in total. The lowest BCUT2D eigenvalue weighted by atomic mass is 9.57. The van der Waals surface area contributed by atoms with E-state index in [1.165, 1.54) is 12.1 Å². The summed E-state index contributed by atoms with van der Waals surface area (Å²) in [6.07, 6.45) is 8.73. The van der Waals surface area contributed by atoms with Gasteiger partial charge in [0.05, 0.1) is 11.6 Å². The number of halogens is 1. The van der Waals surface area contributed by atoms with E-state index in [4.69, 9.17) is 9.47 Å². The van der Waals surface area contributed by atoms with Gasteiger partial charge in [0.15, 0.2) is 0 Å². The van der Waals surface area contributed by atoms with Crippen LogP contribution in [0.5, 0.6) is 0 Å². The summed E-state index contributed by atoms with van der Waals surface area (Å²) in [5, 5.41) is 13.2. The SMILES string of the molecule is CCOC(O)N[C@@H]1CC[C@@H]2[C@@H](C1)C[C@H]1C(=O)O[C@H](C)[C@H]1[C@H]2/C=C/c1ccc(-c2cccc(F)c2)cn1. The molecule has 3 fully saturated rings. The minimum absolute atomic E-state index is 0.0774. The summed E-state index contributed by atoms with van der Waals surface area (Å²) in [6, 6.07) is 10.6. The van der Waals surface area contributed by atoms with Gasteiger partial charge in [-0.1, -0.05) is 24.3 Å². The molecule has 192 valence electrons. The lowest BCUT2D eigenvalue weighted by molar-refractivity contribution is -0.145. The number of rotatable bonds is 7. The highest BCUT2D eigenvalue weighted by Gasteiger charge is 2.54. The summed E-state index contributed by atoms with van der Waals surface area (Å²) in [6.45, 7) is 4.32. The summed E-state index contributed by atoms with van der Waals surface area (Å²) in [4.78, 5) is 17.3. The Hall–Kier alpha value is -2.61. The van der Waals surface area contributed by atoms with Gasteiger partial charge in [-0.25, -0.2) is 4.39 Å². The first-order chi connectivity index (χ1) is 17.4. The summed E-state index contributed by atoms with van der Waals surface area (Å²) in [5.41, 5.74) is 2.50. The molecule has 5 rings (SSSR count). The van der Waals surface area contributed by atoms with Gasteiger partial charge in [-0.2, -0.15) is 0 Å². The number of nitrogens with one attached hydrogen (secondary N) is 1. The number of hydrogen-bond acceptors (Lipinski definition) is 6. The summed E-state index contributed by atoms with van der Waals surface area (Å²) in [7, 11) is 0. The maximum Gasteiger partial charge on any atom is 0.309 e. The maximum atomic E-state index is 13.6. The number of fused-ring (bicyclic) bond motifs is 2. The number of carbonyl (C=O) groups is 1. The molecule has 0 bridgehead atoms. The van der Waals surface area contributed by atoms with E-state index >= 15 is 0 Å². The third kappa shape index (κ3) is 5.24. The van der Waals surface area contributed by atoms with Gasteiger partial charge >= 0.3 is 5.97 Å². The van der Waals surface area contributed by atoms with Crippen LogP contribution in [0.1, 0.15) is 45.2 Å². The highest BCUT2D eigenvalue weighted by atomic mass is 19.1. The molecule has 2 heterocycles. The van der Waals surface area contributed by atoms with Crippen molar-refractivity contribution in [2.75, 3.05) is 6.61 Å². The maximum absolute atomic E-state index is 13.6. The molecule has 0 amide bonds. The summed E-state index contributed by atoms with van der Waals surface area (Å²) >= 11 is 0. The first-order valence-electron chi connectivity index (χ1n) is 13.1. The van der Waals surface area contributed by atoms with E-state index < -0.39 is 6.41 Å². The Morgan fingerprint density at radius 3 is 2.86 bits per heavy atom. The number of aliphatic hydroxyl groups is 1. The molecule has 7 heteroatoms. The highest BCUT2D eigenvalue weighted by molar-refractivity contribution is 5.75. The molecular weight excluding hydrogens is 459 g/mol. The number of cyclic esters (lactones) is 1. The van der Waals surface area contributed by atoms with E-state index in [0.29, 0.717) is 18.4 Å². The fourth-order valence-electron chi connectivity index (χ4n) is 6.73. The molecule has 3 aliphatic rings. The van der Waals surface area contributed by atoms with Crippen molar-refractivity contribution in [3.63, 3.8) is 0 Å². The number of pyridine rings is 1. The minimum Gasteiger partial charge on any atom is -0.462 e. The van der Waals surface area contributed by atoms with Crippen molar-refractivity contribution in [1.82, 2.24) is 10.3 Å². The van der Waals surface area contributed by atoms with Crippen molar-refractivity contribution in [2.24, 2.45) is 29.6 Å². The fraction of sp³-hybridized carbons (Fsp3) is 0.517. The number of esters is 1. The van der Waals surface area contributed by atoms with Crippen LogP contribution in [-0.4, -0.2) is 41.2 Å². The zero-order chi connectivity index (χ0) is 25.2. The average molecular weight is 495 g/mol. The van der Waals surface area contributed by atoms with Crippen LogP contribution in [0.2, 0.25) is 0 Å². The molecule has 2 aromatic rings. The van der Waals surface area contributed by atoms with E-state index in [1.54, 1.807) is 12.3 Å². The molecule has 1 unspecified atom stereocenters. The number of nitrogens with zero attached hydrogens (tertiary/aromatic N) is 1. The third-order valence-electron chi connectivity index (χ3n) is 8.28. The molecule has 0 spiro atoms. The normalized spacial score (nSPS) is 32.7. The molecule has 1 aliphatic heterocycles. The minimum atomic E-state index is -0.957. The zero-order valence-corrected chi connectivity index (χ0v) is 20.8. The van der Waals surface area contributed by atoms with Crippen LogP contribution in [0.25, 0.3) is 17.2 Å². The second kappa shape index (κ2) is 10.8. The van der Waals surface area contributed by atoms with Crippen molar-refractivity contribution in [1.29, 1.82) is 0 Å². The van der Waals surface area contributed by atoms with Crippen molar-refractivity contribution < 1.29 is 23.8 Å². The fourth-order valence-corrected chi connectivity index (χ4v) is 6.73. The smallest absolute Gasteiger partial charge is 0.309 e. The van der Waals surface area contributed by atoms with Gasteiger partial charge in [0.1, 0.15) is 11.9 Å². The van der Waals surface area contributed by atoms with Crippen LogP contribution in [0.3, 0.4) is 0 Å². The number of allylic oxidation sites excluding steroid dienone is 1. The van der Waals surface area contributed by atoms with Gasteiger partial charge in [0.2, 0.25) is 6.41 Å². The topological polar surface area (TPSA) is 80.7 Å². The lowest BCUT2D eigenvalue weighted by Gasteiger charge is -2.48. The van der Waals surface area contributed by atoms with E-state index in [1.807, 2.05) is 32.0 Å². The Labute approximate surface area is 211 Å². The molecular formula is C29H35FN2O4. The number of aromatic nitrogens is 1. The molecule has 2 N–H and O–H groups in total. The Morgan fingerprint density at radius 2 is 2.11 bits per heavy atom. The van der Waals surface area contributed by atoms with Gasteiger partial charge in [-0.15, -0.1) is 0 Å². The molecule has 0 radical (unpaired) electrons. The Morgan fingerprint density at radius 1 is 1.25 bits per heavy atom. The van der Waals surface area contributed by atoms with Gasteiger partial charge in [-0.3, -0.25) is 15.1 Å². The number of carbonyl (C=O) groups excluding carboxylic acids is 1. The molecule has 36 heavy (non-hydrogen) atoms. The van der Waals surface area contributed by atoms with Crippen LogP contribution >= 0.6 is 0 Å². The monoisotopic (exact) mass is 494 g/mol. The largest absolute Gasteiger partial charge is 0.462 e. The third-order valence-corrected chi connectivity index (χ3v) is 8.28. The molecule has 1 aromatic carbocycles. The second-order valence-corrected chi connectivity index (χ2v) is 10.4. The molecule has 8 atom stereocenters. The van der Waals surface area contributed by atoms with E-state index in [0.717, 1.165) is 42.5 Å². The van der Waals surface area contributed by atoms with Gasteiger partial charge in [0.25, 0.3) is 0 Å². The average Bonchev–Trinajstić information content (AvgIpc) is 3.15. The van der Waals surface area contributed by atoms with Crippen molar-refractivity contribution >= 4 is 12.0 Å². The van der Waals surface area contributed by atoms with Gasteiger partial charge in [0, 0.05) is 30.3 Å². The van der Waals surface area contributed by atoms with Crippen molar-refractivity contribution in [3.8, 4) is 11.1 Å². The Kier molecular flexibility index (Phi) is 7.51. The van der Waals surface area contributed by atoms with E-state index in [9.17, 15) is 14.3 Å². The van der Waals surface area contributed by atoms with Gasteiger partial charge in [-0.05, 0) is 87.1 Å².